The quantitative estimate of drug-likeness (QED) is 0.316. The van der Waals surface area contributed by atoms with Crippen molar-refractivity contribution in [2.45, 2.75) is 36.3 Å². The number of sulfonamides is 1. The molecule has 1 aromatic heterocycles. The molecule has 0 radical (unpaired) electrons. The summed E-state index contributed by atoms with van der Waals surface area (Å²) in [5.41, 5.74) is 1.53. The van der Waals surface area contributed by atoms with Gasteiger partial charge in [-0.3, -0.25) is 0 Å². The topological polar surface area (TPSA) is 83.9 Å². The molecule has 0 unspecified atom stereocenters. The Balaban J connectivity index is 1.73. The van der Waals surface area contributed by atoms with Crippen LogP contribution in [0.3, 0.4) is 0 Å². The third-order valence-electron chi connectivity index (χ3n) is 5.01. The molecule has 0 saturated heterocycles. The van der Waals surface area contributed by atoms with Crippen molar-refractivity contribution in [3.8, 4) is 5.75 Å². The van der Waals surface area contributed by atoms with E-state index in [0.29, 0.717) is 45.8 Å². The second kappa shape index (κ2) is 11.1. The third kappa shape index (κ3) is 6.02. The van der Waals surface area contributed by atoms with Crippen molar-refractivity contribution in [1.82, 2.24) is 4.31 Å². The van der Waals surface area contributed by atoms with Crippen LogP contribution in [0.2, 0.25) is 5.02 Å². The lowest BCUT2D eigenvalue weighted by molar-refractivity contribution is -0.139. The molecule has 10 heteroatoms. The molecule has 3 rings (SSSR count). The van der Waals surface area contributed by atoms with Crippen LogP contribution in [0.4, 0.5) is 0 Å². The molecule has 1 heterocycles. The van der Waals surface area contributed by atoms with Gasteiger partial charge in [0.05, 0.1) is 0 Å². The predicted octanol–water partition coefficient (Wildman–Crippen LogP) is 5.83. The summed E-state index contributed by atoms with van der Waals surface area (Å²) < 4.78 is 35.0. The van der Waals surface area contributed by atoms with Crippen molar-refractivity contribution in [3.05, 3.63) is 52.5 Å². The van der Waals surface area contributed by atoms with Gasteiger partial charge >= 0.3 is 5.97 Å². The fourth-order valence-corrected chi connectivity index (χ4v) is 8.39. The summed E-state index contributed by atoms with van der Waals surface area (Å²) in [6.45, 7) is 6.05. The van der Waals surface area contributed by atoms with E-state index in [1.54, 1.807) is 28.2 Å². The number of halogens is 1. The van der Waals surface area contributed by atoms with Gasteiger partial charge in [-0.05, 0) is 61.7 Å². The normalized spacial score (nSPS) is 11.9. The first-order valence-electron chi connectivity index (χ1n) is 10.4. The van der Waals surface area contributed by atoms with Crippen LogP contribution >= 0.6 is 34.7 Å². The Morgan fingerprint density at radius 1 is 1.21 bits per heavy atom. The number of fused-ring (bicyclic) bond motifs is 1. The zero-order valence-corrected chi connectivity index (χ0v) is 21.8. The minimum Gasteiger partial charge on any atom is -0.482 e. The average molecular weight is 528 g/mol. The standard InChI is InChI=1S/C23H26ClNO5S3/c1-4-10-25(11-12-31-17-8-9-19(15(2)13-17)30-14-21(26)27)33(28,29)23-16(3)22-18(24)6-5-7-20(22)32-23/h5-9,13H,4,10-12,14H2,1-3H3,(H,26,27). The number of hydrogen-bond acceptors (Lipinski definition) is 6. The maximum absolute atomic E-state index is 13.5. The van der Waals surface area contributed by atoms with E-state index in [0.717, 1.165) is 20.5 Å². The van der Waals surface area contributed by atoms with E-state index < -0.39 is 16.0 Å². The van der Waals surface area contributed by atoms with Crippen molar-refractivity contribution in [1.29, 1.82) is 0 Å². The highest BCUT2D eigenvalue weighted by Crippen LogP contribution is 2.39. The smallest absolute Gasteiger partial charge is 0.341 e. The van der Waals surface area contributed by atoms with E-state index in [1.807, 2.05) is 45.0 Å². The number of thiophene rings is 1. The van der Waals surface area contributed by atoms with Gasteiger partial charge < -0.3 is 9.84 Å². The first-order chi connectivity index (χ1) is 15.6. The van der Waals surface area contributed by atoms with Crippen molar-refractivity contribution in [2.24, 2.45) is 0 Å². The Morgan fingerprint density at radius 2 is 1.97 bits per heavy atom. The van der Waals surface area contributed by atoms with Gasteiger partial charge in [0.2, 0.25) is 0 Å². The van der Waals surface area contributed by atoms with Crippen LogP contribution in [0.1, 0.15) is 24.5 Å². The van der Waals surface area contributed by atoms with E-state index in [2.05, 4.69) is 0 Å². The van der Waals surface area contributed by atoms with Crippen LogP contribution in [0.5, 0.6) is 5.75 Å². The molecule has 0 aliphatic carbocycles. The summed E-state index contributed by atoms with van der Waals surface area (Å²) in [6, 6.07) is 11.0. The molecule has 2 aromatic carbocycles. The molecule has 0 fully saturated rings. The maximum Gasteiger partial charge on any atom is 0.341 e. The van der Waals surface area contributed by atoms with Crippen LogP contribution < -0.4 is 4.74 Å². The summed E-state index contributed by atoms with van der Waals surface area (Å²) in [4.78, 5) is 11.7. The summed E-state index contributed by atoms with van der Waals surface area (Å²) in [6.07, 6.45) is 0.712. The molecule has 0 aliphatic rings. The molecule has 0 atom stereocenters. The second-order valence-corrected chi connectivity index (χ2v) is 12.3. The number of aliphatic carboxylic acids is 1. The van der Waals surface area contributed by atoms with Crippen molar-refractivity contribution in [3.63, 3.8) is 0 Å². The lowest BCUT2D eigenvalue weighted by Gasteiger charge is -2.21. The lowest BCUT2D eigenvalue weighted by atomic mass is 10.2. The zero-order valence-electron chi connectivity index (χ0n) is 18.6. The van der Waals surface area contributed by atoms with E-state index in [-0.39, 0.29) is 6.61 Å². The number of nitrogens with zero attached hydrogens (tertiary/aromatic N) is 1. The Hall–Kier alpha value is -1.78. The third-order valence-corrected chi connectivity index (χ3v) is 10.1. The second-order valence-electron chi connectivity index (χ2n) is 7.49. The summed E-state index contributed by atoms with van der Waals surface area (Å²) in [5.74, 6) is 0.0793. The molecule has 1 N–H and O–H groups in total. The van der Waals surface area contributed by atoms with Crippen LogP contribution in [-0.2, 0) is 14.8 Å². The van der Waals surface area contributed by atoms with Gasteiger partial charge in [0.25, 0.3) is 10.0 Å². The van der Waals surface area contributed by atoms with E-state index >= 15 is 0 Å². The molecule has 0 amide bonds. The summed E-state index contributed by atoms with van der Waals surface area (Å²) >= 11 is 9.15. The van der Waals surface area contributed by atoms with Crippen LogP contribution in [0.15, 0.2) is 45.5 Å². The van der Waals surface area contributed by atoms with Gasteiger partial charge in [-0.25, -0.2) is 13.2 Å². The minimum absolute atomic E-state index is 0.347. The van der Waals surface area contributed by atoms with Crippen molar-refractivity contribution < 1.29 is 23.1 Å². The number of carboxylic acid groups (broad SMARTS) is 1. The summed E-state index contributed by atoms with van der Waals surface area (Å²) in [5, 5.41) is 10.1. The molecule has 0 spiro atoms. The van der Waals surface area contributed by atoms with Crippen LogP contribution in [-0.4, -0.2) is 49.2 Å². The first-order valence-corrected chi connectivity index (χ1v) is 14.0. The number of rotatable bonds is 11. The lowest BCUT2D eigenvalue weighted by Crippen LogP contribution is -2.33. The average Bonchev–Trinajstić information content (AvgIpc) is 3.11. The number of carboxylic acids is 1. The molecular formula is C23H26ClNO5S3. The SMILES string of the molecule is CCCN(CCSc1ccc(OCC(=O)O)c(C)c1)S(=O)(=O)c1sc2cccc(Cl)c2c1C. The van der Waals surface area contributed by atoms with Gasteiger partial charge in [0.15, 0.2) is 6.61 Å². The number of benzene rings is 2. The number of hydrogen-bond donors (Lipinski definition) is 1. The van der Waals surface area contributed by atoms with E-state index in [1.165, 1.54) is 11.3 Å². The monoisotopic (exact) mass is 527 g/mol. The number of aryl methyl sites for hydroxylation is 2. The molecule has 6 nitrogen and oxygen atoms in total. The highest BCUT2D eigenvalue weighted by atomic mass is 35.5. The van der Waals surface area contributed by atoms with Crippen molar-refractivity contribution in [2.75, 3.05) is 25.4 Å². The Labute approximate surface area is 207 Å². The largest absolute Gasteiger partial charge is 0.482 e. The van der Waals surface area contributed by atoms with Gasteiger partial charge in [-0.1, -0.05) is 24.6 Å². The zero-order chi connectivity index (χ0) is 24.2. The Morgan fingerprint density at radius 3 is 2.61 bits per heavy atom. The van der Waals surface area contributed by atoms with Gasteiger partial charge in [-0.2, -0.15) is 4.31 Å². The van der Waals surface area contributed by atoms with E-state index in [4.69, 9.17) is 21.4 Å². The predicted molar refractivity (Wildman–Crippen MR) is 136 cm³/mol. The van der Waals surface area contributed by atoms with E-state index in [9.17, 15) is 13.2 Å². The number of ether oxygens (including phenoxy) is 1. The molecule has 0 saturated carbocycles. The van der Waals surface area contributed by atoms with Gasteiger partial charge in [0.1, 0.15) is 9.96 Å². The van der Waals surface area contributed by atoms with Gasteiger partial charge in [0, 0.05) is 38.8 Å². The number of thioether (sulfide) groups is 1. The fraction of sp³-hybridized carbons (Fsp3) is 0.348. The molecule has 0 aliphatic heterocycles. The molecule has 33 heavy (non-hydrogen) atoms. The Kier molecular flexibility index (Phi) is 8.69. The highest BCUT2D eigenvalue weighted by Gasteiger charge is 2.29. The highest BCUT2D eigenvalue weighted by molar-refractivity contribution is 7.99. The number of carbonyl (C=O) groups is 1. The maximum atomic E-state index is 13.5. The molecular weight excluding hydrogens is 502 g/mol. The molecule has 0 bridgehead atoms. The summed E-state index contributed by atoms with van der Waals surface area (Å²) in [7, 11) is -3.65. The fourth-order valence-electron chi connectivity index (χ4n) is 3.48. The molecule has 178 valence electrons. The van der Waals surface area contributed by atoms with Gasteiger partial charge in [-0.15, -0.1) is 23.1 Å². The minimum atomic E-state index is -3.65. The Bertz CT molecular complexity index is 1260. The van der Waals surface area contributed by atoms with Crippen molar-refractivity contribution >= 4 is 60.8 Å². The van der Waals surface area contributed by atoms with Crippen LogP contribution in [0, 0.1) is 13.8 Å². The van der Waals surface area contributed by atoms with Crippen LogP contribution in [0.25, 0.3) is 10.1 Å². The first kappa shape index (κ1) is 25.8. The molecule has 3 aromatic rings.